The maximum Gasteiger partial charge on any atom is 1.00 e. The average Bonchev–Trinajstić information content (AvgIpc) is 0. The van der Waals surface area contributed by atoms with E-state index in [2.05, 4.69) is 0 Å². The predicted molar refractivity (Wildman–Crippen MR) is 0 cm³/mol. The molecule has 0 N–H and O–H groups in total. The van der Waals surface area contributed by atoms with E-state index in [0.717, 1.165) is 0 Å². The number of halogens is 3. The second-order valence-electron chi connectivity index (χ2n) is 0. The van der Waals surface area contributed by atoms with Gasteiger partial charge in [0.05, 0.1) is 0 Å². The van der Waals surface area contributed by atoms with Gasteiger partial charge < -0.3 is 14.1 Å². The minimum atomic E-state index is 0. The summed E-state index contributed by atoms with van der Waals surface area (Å²) >= 11 is 0. The molecule has 0 aliphatic heterocycles. The zero-order valence-corrected chi connectivity index (χ0v) is 8.54. The molecule has 6 heavy (non-hydrogen) atoms. The molecule has 0 saturated carbocycles. The summed E-state index contributed by atoms with van der Waals surface area (Å²) in [5.74, 6) is 0. The summed E-state index contributed by atoms with van der Waals surface area (Å²) in [4.78, 5) is 0. The summed E-state index contributed by atoms with van der Waals surface area (Å²) < 4.78 is 0. The third-order valence-electron chi connectivity index (χ3n) is 0. The molecule has 0 fully saturated rings. The Morgan fingerprint density at radius 1 is 0.333 bits per heavy atom. The average molecular weight is 648 g/mol. The zero-order valence-electron chi connectivity index (χ0n) is 2.04. The summed E-state index contributed by atoms with van der Waals surface area (Å²) in [6.45, 7) is 0. The monoisotopic (exact) mass is 648 g/mol. The standard InChI is InChI=1S/3Au.3FH/h;;;3*1H/q3*+1;;;/p-3. The summed E-state index contributed by atoms with van der Waals surface area (Å²) in [5.41, 5.74) is 0. The molecule has 0 saturated heterocycles. The molecule has 6 heteroatoms. The van der Waals surface area contributed by atoms with Gasteiger partial charge in [-0.05, 0) is 0 Å². The Hall–Kier alpha value is 2.01. The van der Waals surface area contributed by atoms with Gasteiger partial charge in [0, 0.05) is 0 Å². The topological polar surface area (TPSA) is 0 Å². The van der Waals surface area contributed by atoms with Gasteiger partial charge in [0.1, 0.15) is 0 Å². The smallest absolute Gasteiger partial charge is 1.00 e. The summed E-state index contributed by atoms with van der Waals surface area (Å²) in [5, 5.41) is 0. The van der Waals surface area contributed by atoms with Crippen LogP contribution in [-0.2, 0) is 67.1 Å². The predicted octanol–water partition coefficient (Wildman–Crippen LogP) is -9.00. The van der Waals surface area contributed by atoms with E-state index in [0.29, 0.717) is 0 Å². The Morgan fingerprint density at radius 2 is 0.333 bits per heavy atom. The van der Waals surface area contributed by atoms with Crippen molar-refractivity contribution >= 4 is 0 Å². The molecule has 0 aromatic heterocycles. The molecule has 0 bridgehead atoms. The molecule has 54 valence electrons. The fraction of sp³-hybridized carbons (Fsp3) is 0. The Bertz CT molecular complexity index is 6.00. The molecular weight excluding hydrogens is 648 g/mol. The molecule has 0 spiro atoms. The zero-order chi connectivity index (χ0) is 0. The van der Waals surface area contributed by atoms with Gasteiger partial charge in [-0.15, -0.1) is 0 Å². The van der Waals surface area contributed by atoms with Gasteiger partial charge in [0.2, 0.25) is 0 Å². The van der Waals surface area contributed by atoms with Crippen molar-refractivity contribution in [2.45, 2.75) is 0 Å². The van der Waals surface area contributed by atoms with Crippen LogP contribution in [0, 0.1) is 0 Å². The quantitative estimate of drug-likeness (QED) is 0.230. The molecule has 0 unspecified atom stereocenters. The fourth-order valence-electron chi connectivity index (χ4n) is 0. The molecule has 0 aliphatic carbocycles. The van der Waals surface area contributed by atoms with Crippen LogP contribution in [0.25, 0.3) is 0 Å². The SMILES string of the molecule is [Au+].[Au+].[Au+].[F-].[F-].[F-]. The van der Waals surface area contributed by atoms with E-state index >= 15 is 0 Å². The van der Waals surface area contributed by atoms with Crippen LogP contribution in [0.2, 0.25) is 0 Å². The van der Waals surface area contributed by atoms with E-state index < -0.39 is 0 Å². The normalized spacial score (nSPS) is 0. The van der Waals surface area contributed by atoms with Crippen molar-refractivity contribution in [1.29, 1.82) is 0 Å². The van der Waals surface area contributed by atoms with Crippen LogP contribution in [0.15, 0.2) is 0 Å². The van der Waals surface area contributed by atoms with E-state index in [-0.39, 0.29) is 81.3 Å². The minimum absolute atomic E-state index is 0. The Labute approximate surface area is 80.5 Å². The molecule has 0 atom stereocenters. The second kappa shape index (κ2) is 62.6. The third-order valence-corrected chi connectivity index (χ3v) is 0. The van der Waals surface area contributed by atoms with Crippen LogP contribution in [0.3, 0.4) is 0 Å². The molecule has 0 aliphatic rings. The van der Waals surface area contributed by atoms with Crippen molar-refractivity contribution in [2.75, 3.05) is 0 Å². The van der Waals surface area contributed by atoms with Gasteiger partial charge in [0.25, 0.3) is 0 Å². The van der Waals surface area contributed by atoms with Gasteiger partial charge in [-0.3, -0.25) is 0 Å². The van der Waals surface area contributed by atoms with Crippen LogP contribution in [0.1, 0.15) is 0 Å². The molecule has 0 nitrogen and oxygen atoms in total. The van der Waals surface area contributed by atoms with Gasteiger partial charge in [-0.2, -0.15) is 0 Å². The van der Waals surface area contributed by atoms with E-state index in [4.69, 9.17) is 0 Å². The summed E-state index contributed by atoms with van der Waals surface area (Å²) in [6.07, 6.45) is 0. The van der Waals surface area contributed by atoms with Crippen LogP contribution in [-0.4, -0.2) is 0 Å². The van der Waals surface area contributed by atoms with Crippen molar-refractivity contribution in [3.8, 4) is 0 Å². The third kappa shape index (κ3) is 37.3. The first-order valence-corrected chi connectivity index (χ1v) is 0. The van der Waals surface area contributed by atoms with Crippen molar-refractivity contribution < 1.29 is 81.3 Å². The van der Waals surface area contributed by atoms with Gasteiger partial charge in [0.15, 0.2) is 0 Å². The van der Waals surface area contributed by atoms with Crippen LogP contribution in [0.4, 0.5) is 0 Å². The Balaban J connectivity index is 0. The van der Waals surface area contributed by atoms with Crippen LogP contribution < -0.4 is 14.1 Å². The number of hydrogen-bond donors (Lipinski definition) is 0. The van der Waals surface area contributed by atoms with Crippen LogP contribution >= 0.6 is 0 Å². The molecule has 0 radical (unpaired) electrons. The first-order chi connectivity index (χ1) is 0. The summed E-state index contributed by atoms with van der Waals surface area (Å²) in [7, 11) is 0. The summed E-state index contributed by atoms with van der Waals surface area (Å²) in [6, 6.07) is 0. The van der Waals surface area contributed by atoms with Crippen LogP contribution in [0.5, 0.6) is 0 Å². The maximum absolute atomic E-state index is 0. The molecule has 0 rings (SSSR count). The Kier molecular flexibility index (Phi) is 1020. The molecular formula is Au3F3. The van der Waals surface area contributed by atoms with Crippen molar-refractivity contribution in [3.05, 3.63) is 0 Å². The first-order valence-electron chi connectivity index (χ1n) is 0. The first kappa shape index (κ1) is 97.4. The minimum Gasteiger partial charge on any atom is -1.00 e. The van der Waals surface area contributed by atoms with E-state index in [1.807, 2.05) is 0 Å². The fourth-order valence-corrected chi connectivity index (χ4v) is 0. The van der Waals surface area contributed by atoms with E-state index in [9.17, 15) is 0 Å². The molecule has 0 heterocycles. The van der Waals surface area contributed by atoms with Gasteiger partial charge in [-0.1, -0.05) is 0 Å². The van der Waals surface area contributed by atoms with Crippen molar-refractivity contribution in [3.63, 3.8) is 0 Å². The van der Waals surface area contributed by atoms with Crippen molar-refractivity contribution in [2.24, 2.45) is 0 Å². The van der Waals surface area contributed by atoms with E-state index in [1.54, 1.807) is 0 Å². The molecule has 0 aromatic carbocycles. The number of rotatable bonds is 0. The van der Waals surface area contributed by atoms with E-state index in [1.165, 1.54) is 0 Å². The Morgan fingerprint density at radius 3 is 0.333 bits per heavy atom. The number of hydrogen-bond acceptors (Lipinski definition) is 0. The van der Waals surface area contributed by atoms with Crippen molar-refractivity contribution in [1.82, 2.24) is 0 Å². The second-order valence-corrected chi connectivity index (χ2v) is 0. The van der Waals surface area contributed by atoms with Gasteiger partial charge in [-0.25, -0.2) is 0 Å². The van der Waals surface area contributed by atoms with Gasteiger partial charge >= 0.3 is 67.1 Å². The maximum atomic E-state index is 0. The molecule has 0 aromatic rings. The largest absolute Gasteiger partial charge is 1.00 e. The molecule has 0 amide bonds.